The van der Waals surface area contributed by atoms with Crippen LogP contribution in [0.2, 0.25) is 0 Å². The van der Waals surface area contributed by atoms with Gasteiger partial charge in [-0.25, -0.2) is 0 Å². The third-order valence-electron chi connectivity index (χ3n) is 3.97. The molecule has 1 aromatic rings. The fraction of sp³-hybridized carbons (Fsp3) is 0.500. The van der Waals surface area contributed by atoms with Crippen LogP contribution in [-0.4, -0.2) is 21.4 Å². The molecule has 1 saturated heterocycles. The van der Waals surface area contributed by atoms with E-state index in [0.29, 0.717) is 12.0 Å². The minimum atomic E-state index is -1.14. The monoisotopic (exact) mass is 277 g/mol. The molecule has 3 rings (SSSR count). The van der Waals surface area contributed by atoms with E-state index in [0.717, 1.165) is 12.8 Å². The molecule has 0 aliphatic carbocycles. The van der Waals surface area contributed by atoms with E-state index in [-0.39, 0.29) is 29.6 Å². The summed E-state index contributed by atoms with van der Waals surface area (Å²) in [5.41, 5.74) is 0.217. The van der Waals surface area contributed by atoms with Gasteiger partial charge in [-0.3, -0.25) is 0 Å². The predicted molar refractivity (Wildman–Crippen MR) is 67.0 cm³/mol. The van der Waals surface area contributed by atoms with Gasteiger partial charge in [0.05, 0.1) is 18.3 Å². The van der Waals surface area contributed by atoms with Crippen LogP contribution in [0.3, 0.4) is 0 Å². The summed E-state index contributed by atoms with van der Waals surface area (Å²) >= 11 is 0. The summed E-state index contributed by atoms with van der Waals surface area (Å²) in [7, 11) is 0. The lowest BCUT2D eigenvalue weighted by molar-refractivity contribution is -0.279. The molecule has 2 unspecified atom stereocenters. The third-order valence-corrected chi connectivity index (χ3v) is 3.97. The number of nitrogens with zero attached hydrogens (tertiary/aromatic N) is 1. The molecule has 2 atom stereocenters. The summed E-state index contributed by atoms with van der Waals surface area (Å²) in [4.78, 5) is 0. The maximum atomic E-state index is 10.2. The van der Waals surface area contributed by atoms with E-state index in [4.69, 9.17) is 14.7 Å². The minimum Gasteiger partial charge on any atom is -0.506 e. The number of aromatic hydroxyl groups is 3. The Morgan fingerprint density at radius 2 is 2.00 bits per heavy atom. The van der Waals surface area contributed by atoms with Crippen molar-refractivity contribution in [3.05, 3.63) is 16.7 Å². The normalized spacial score (nSPS) is 28.3. The Morgan fingerprint density at radius 3 is 2.65 bits per heavy atom. The number of phenols is 3. The summed E-state index contributed by atoms with van der Waals surface area (Å²) < 4.78 is 11.5. The zero-order valence-corrected chi connectivity index (χ0v) is 11.0. The van der Waals surface area contributed by atoms with Gasteiger partial charge in [-0.05, 0) is 19.8 Å². The van der Waals surface area contributed by atoms with E-state index >= 15 is 0 Å². The maximum Gasteiger partial charge on any atom is 0.199 e. The molecular weight excluding hydrogens is 262 g/mol. The number of benzene rings is 1. The molecule has 2 aliphatic heterocycles. The van der Waals surface area contributed by atoms with Crippen molar-refractivity contribution >= 4 is 0 Å². The molecule has 6 heteroatoms. The van der Waals surface area contributed by atoms with Gasteiger partial charge in [0.2, 0.25) is 0 Å². The van der Waals surface area contributed by atoms with E-state index in [2.05, 4.69) is 0 Å². The van der Waals surface area contributed by atoms with Crippen LogP contribution in [0.4, 0.5) is 0 Å². The highest BCUT2D eigenvalue weighted by molar-refractivity contribution is 5.67. The van der Waals surface area contributed by atoms with Crippen LogP contribution in [0, 0.1) is 11.3 Å². The second kappa shape index (κ2) is 4.27. The standard InChI is InChI=1S/C14H15NO5/c1-7-3-2-4-14(20-7)10-9(6-19-14)11(16)8(5-15)12(17)13(10)18/h7,16-18H,2-4,6H2,1H3. The van der Waals surface area contributed by atoms with Crippen molar-refractivity contribution in [1.82, 2.24) is 0 Å². The highest BCUT2D eigenvalue weighted by Gasteiger charge is 2.49. The molecule has 1 spiro atoms. The van der Waals surface area contributed by atoms with Crippen molar-refractivity contribution in [3.63, 3.8) is 0 Å². The Balaban J connectivity index is 2.22. The lowest BCUT2D eigenvalue weighted by atomic mass is 9.91. The van der Waals surface area contributed by atoms with Crippen LogP contribution in [0.5, 0.6) is 17.2 Å². The summed E-state index contributed by atoms with van der Waals surface area (Å²) in [6, 6.07) is 1.68. The second-order valence-electron chi connectivity index (χ2n) is 5.25. The van der Waals surface area contributed by atoms with Gasteiger partial charge in [-0.1, -0.05) is 0 Å². The third kappa shape index (κ3) is 1.57. The molecule has 20 heavy (non-hydrogen) atoms. The molecule has 106 valence electrons. The van der Waals surface area contributed by atoms with E-state index in [1.165, 1.54) is 0 Å². The number of nitriles is 1. The Bertz CT molecular complexity index is 621. The summed E-state index contributed by atoms with van der Waals surface area (Å²) in [6.07, 6.45) is 2.22. The molecule has 1 fully saturated rings. The summed E-state index contributed by atoms with van der Waals surface area (Å²) in [5.74, 6) is -2.56. The molecule has 3 N–H and O–H groups in total. The Hall–Kier alpha value is -1.97. The molecule has 2 aliphatic rings. The van der Waals surface area contributed by atoms with Gasteiger partial charge in [0, 0.05) is 12.0 Å². The van der Waals surface area contributed by atoms with Crippen molar-refractivity contribution in [2.24, 2.45) is 0 Å². The van der Waals surface area contributed by atoms with E-state index in [1.807, 2.05) is 6.92 Å². The Kier molecular flexibility index (Phi) is 2.78. The van der Waals surface area contributed by atoms with Crippen molar-refractivity contribution in [2.45, 2.75) is 44.7 Å². The molecule has 0 amide bonds. The van der Waals surface area contributed by atoms with Gasteiger partial charge in [-0.2, -0.15) is 5.26 Å². The molecule has 0 aromatic heterocycles. The number of hydrogen-bond donors (Lipinski definition) is 3. The first-order valence-corrected chi connectivity index (χ1v) is 6.52. The lowest BCUT2D eigenvalue weighted by Crippen LogP contribution is -2.36. The van der Waals surface area contributed by atoms with E-state index < -0.39 is 17.3 Å². The molecule has 6 nitrogen and oxygen atoms in total. The van der Waals surface area contributed by atoms with Gasteiger partial charge in [-0.15, -0.1) is 0 Å². The average molecular weight is 277 g/mol. The predicted octanol–water partition coefficient (Wildman–Crippen LogP) is 1.95. The zero-order valence-electron chi connectivity index (χ0n) is 11.0. The van der Waals surface area contributed by atoms with Crippen LogP contribution in [0.25, 0.3) is 0 Å². The first-order valence-electron chi connectivity index (χ1n) is 6.52. The van der Waals surface area contributed by atoms with Crippen LogP contribution >= 0.6 is 0 Å². The van der Waals surface area contributed by atoms with Gasteiger partial charge < -0.3 is 24.8 Å². The van der Waals surface area contributed by atoms with Crippen LogP contribution < -0.4 is 0 Å². The van der Waals surface area contributed by atoms with E-state index in [1.54, 1.807) is 6.07 Å². The Morgan fingerprint density at radius 1 is 1.25 bits per heavy atom. The average Bonchev–Trinajstić information content (AvgIpc) is 2.76. The highest BCUT2D eigenvalue weighted by atomic mass is 16.7. The number of ether oxygens (including phenoxy) is 2. The molecule has 1 aromatic carbocycles. The fourth-order valence-electron chi connectivity index (χ4n) is 3.03. The largest absolute Gasteiger partial charge is 0.506 e. The van der Waals surface area contributed by atoms with Crippen LogP contribution in [0.1, 0.15) is 42.9 Å². The van der Waals surface area contributed by atoms with Gasteiger partial charge >= 0.3 is 0 Å². The van der Waals surface area contributed by atoms with Crippen molar-refractivity contribution in [2.75, 3.05) is 0 Å². The van der Waals surface area contributed by atoms with Gasteiger partial charge in [0.25, 0.3) is 0 Å². The van der Waals surface area contributed by atoms with Crippen molar-refractivity contribution in [1.29, 1.82) is 5.26 Å². The molecular formula is C14H15NO5. The summed E-state index contributed by atoms with van der Waals surface area (Å²) in [5, 5.41) is 39.1. The van der Waals surface area contributed by atoms with E-state index in [9.17, 15) is 15.3 Å². The molecule has 2 heterocycles. The number of fused-ring (bicyclic) bond motifs is 2. The quantitative estimate of drug-likeness (QED) is 0.494. The zero-order chi connectivity index (χ0) is 14.5. The van der Waals surface area contributed by atoms with Gasteiger partial charge in [0.15, 0.2) is 17.3 Å². The number of phenolic OH excluding ortho intramolecular Hbond substituents is 3. The number of hydrogen-bond acceptors (Lipinski definition) is 6. The van der Waals surface area contributed by atoms with Crippen molar-refractivity contribution < 1.29 is 24.8 Å². The Labute approximate surface area is 115 Å². The SMILES string of the molecule is CC1CCCC2(OCc3c(O)c(C#N)c(O)c(O)c32)O1. The lowest BCUT2D eigenvalue weighted by Gasteiger charge is -2.37. The molecule has 0 saturated carbocycles. The molecule has 0 radical (unpaired) electrons. The number of rotatable bonds is 0. The van der Waals surface area contributed by atoms with Crippen LogP contribution in [-0.2, 0) is 21.9 Å². The van der Waals surface area contributed by atoms with Crippen molar-refractivity contribution in [3.8, 4) is 23.3 Å². The second-order valence-corrected chi connectivity index (χ2v) is 5.25. The fourth-order valence-corrected chi connectivity index (χ4v) is 3.03. The topological polar surface area (TPSA) is 103 Å². The maximum absolute atomic E-state index is 10.2. The first kappa shape index (κ1) is 13.0. The molecule has 0 bridgehead atoms. The van der Waals surface area contributed by atoms with Crippen LogP contribution in [0.15, 0.2) is 0 Å². The highest BCUT2D eigenvalue weighted by Crippen LogP contribution is 2.55. The van der Waals surface area contributed by atoms with Gasteiger partial charge in [0.1, 0.15) is 17.4 Å². The first-order chi connectivity index (χ1) is 9.50. The smallest absolute Gasteiger partial charge is 0.199 e. The minimum absolute atomic E-state index is 0.0381. The summed E-state index contributed by atoms with van der Waals surface area (Å²) in [6.45, 7) is 1.94.